The molecular weight excluding hydrogens is 300 g/mol. The molecule has 0 saturated heterocycles. The highest BCUT2D eigenvalue weighted by Gasteiger charge is 2.12. The summed E-state index contributed by atoms with van der Waals surface area (Å²) in [5, 5.41) is 7.93. The second-order valence-electron chi connectivity index (χ2n) is 5.40. The lowest BCUT2D eigenvalue weighted by atomic mass is 9.94. The lowest BCUT2D eigenvalue weighted by molar-refractivity contribution is 0.0996. The Bertz CT molecular complexity index is 541. The number of nitrogens with one attached hydrogen (secondary N) is 2. The molecule has 0 bridgehead atoms. The number of hydrogen-bond acceptors (Lipinski definition) is 4. The van der Waals surface area contributed by atoms with Gasteiger partial charge in [0.15, 0.2) is 0 Å². The third kappa shape index (κ3) is 5.48. The number of aromatic nitrogens is 1. The first-order valence-corrected chi connectivity index (χ1v) is 8.44. The molecule has 1 atom stereocenters. The van der Waals surface area contributed by atoms with E-state index in [1.54, 1.807) is 5.38 Å². The number of thiazole rings is 1. The molecule has 1 aliphatic carbocycles. The van der Waals surface area contributed by atoms with Crippen LogP contribution in [-0.2, 0) is 6.54 Å². The molecule has 7 heteroatoms. The molecule has 0 aromatic carbocycles. The average Bonchev–Trinajstić information content (AvgIpc) is 2.93. The molecule has 0 fully saturated rings. The van der Waals surface area contributed by atoms with Gasteiger partial charge in [-0.3, -0.25) is 4.79 Å². The van der Waals surface area contributed by atoms with Gasteiger partial charge in [-0.2, -0.15) is 0 Å². The van der Waals surface area contributed by atoms with E-state index in [1.165, 1.54) is 17.8 Å². The molecule has 22 heavy (non-hydrogen) atoms. The largest absolute Gasteiger partial charge is 0.364 e. The summed E-state index contributed by atoms with van der Waals surface area (Å²) in [7, 11) is 0. The van der Waals surface area contributed by atoms with Crippen molar-refractivity contribution in [3.8, 4) is 0 Å². The second kappa shape index (κ2) is 8.53. The van der Waals surface area contributed by atoms with Gasteiger partial charge in [0.2, 0.25) is 0 Å². The van der Waals surface area contributed by atoms with Gasteiger partial charge in [-0.05, 0) is 38.0 Å². The van der Waals surface area contributed by atoms with E-state index in [9.17, 15) is 9.59 Å². The van der Waals surface area contributed by atoms with Crippen LogP contribution in [0.3, 0.4) is 0 Å². The van der Waals surface area contributed by atoms with E-state index in [0.29, 0.717) is 24.0 Å². The van der Waals surface area contributed by atoms with E-state index in [4.69, 9.17) is 5.73 Å². The molecule has 1 unspecified atom stereocenters. The summed E-state index contributed by atoms with van der Waals surface area (Å²) in [6.45, 7) is 1.00. The van der Waals surface area contributed by atoms with Crippen LogP contribution in [0.5, 0.6) is 0 Å². The van der Waals surface area contributed by atoms with Gasteiger partial charge in [0.05, 0.1) is 6.54 Å². The topological polar surface area (TPSA) is 97.1 Å². The summed E-state index contributed by atoms with van der Waals surface area (Å²) in [5.41, 5.74) is 5.38. The van der Waals surface area contributed by atoms with Gasteiger partial charge >= 0.3 is 6.03 Å². The second-order valence-corrected chi connectivity index (χ2v) is 6.34. The highest BCUT2D eigenvalue weighted by atomic mass is 32.1. The van der Waals surface area contributed by atoms with E-state index in [2.05, 4.69) is 27.8 Å². The Kier molecular flexibility index (Phi) is 6.39. The summed E-state index contributed by atoms with van der Waals surface area (Å²) >= 11 is 1.31. The van der Waals surface area contributed by atoms with Gasteiger partial charge in [0, 0.05) is 11.9 Å². The number of rotatable bonds is 5. The maximum Gasteiger partial charge on any atom is 0.315 e. The lowest BCUT2D eigenvalue weighted by Crippen LogP contribution is -2.38. The molecule has 1 aliphatic rings. The van der Waals surface area contributed by atoms with Crippen LogP contribution < -0.4 is 16.4 Å². The van der Waals surface area contributed by atoms with E-state index < -0.39 is 5.91 Å². The van der Waals surface area contributed by atoms with Gasteiger partial charge in [-0.1, -0.05) is 12.2 Å². The maximum absolute atomic E-state index is 11.8. The Morgan fingerprint density at radius 2 is 2.09 bits per heavy atom. The fourth-order valence-electron chi connectivity index (χ4n) is 2.40. The Morgan fingerprint density at radius 1 is 1.27 bits per heavy atom. The minimum Gasteiger partial charge on any atom is -0.364 e. The SMILES string of the molecule is NC(=O)c1csc(CNC(=O)NCC2CCC=CCCC2)n1. The highest BCUT2D eigenvalue weighted by Crippen LogP contribution is 2.17. The van der Waals surface area contributed by atoms with Crippen LogP contribution in [0, 0.1) is 5.92 Å². The molecular formula is C15H22N4O2S. The van der Waals surface area contributed by atoms with Crippen molar-refractivity contribution in [1.29, 1.82) is 0 Å². The summed E-state index contributed by atoms with van der Waals surface area (Å²) < 4.78 is 0. The molecule has 1 aromatic heterocycles. The minimum atomic E-state index is -0.551. The Balaban J connectivity index is 1.68. The number of carbonyl (C=O) groups excluding carboxylic acids is 2. The molecule has 0 spiro atoms. The van der Waals surface area contributed by atoms with Crippen molar-refractivity contribution >= 4 is 23.3 Å². The van der Waals surface area contributed by atoms with Crippen LogP contribution in [0.2, 0.25) is 0 Å². The van der Waals surface area contributed by atoms with Gasteiger partial charge in [0.25, 0.3) is 5.91 Å². The van der Waals surface area contributed by atoms with Gasteiger partial charge < -0.3 is 16.4 Å². The average molecular weight is 322 g/mol. The van der Waals surface area contributed by atoms with E-state index in [0.717, 1.165) is 25.7 Å². The third-order valence-corrected chi connectivity index (χ3v) is 4.50. The smallest absolute Gasteiger partial charge is 0.315 e. The van der Waals surface area contributed by atoms with Crippen LogP contribution in [0.1, 0.15) is 47.6 Å². The van der Waals surface area contributed by atoms with E-state index in [1.807, 2.05) is 0 Å². The number of nitrogens with zero attached hydrogens (tertiary/aromatic N) is 1. The Morgan fingerprint density at radius 3 is 2.86 bits per heavy atom. The first kappa shape index (κ1) is 16.5. The van der Waals surface area contributed by atoms with Crippen molar-refractivity contribution in [2.75, 3.05) is 6.54 Å². The summed E-state index contributed by atoms with van der Waals surface area (Å²) in [4.78, 5) is 26.8. The fourth-order valence-corrected chi connectivity index (χ4v) is 3.12. The van der Waals surface area contributed by atoms with Crippen molar-refractivity contribution in [3.63, 3.8) is 0 Å². The molecule has 120 valence electrons. The monoisotopic (exact) mass is 322 g/mol. The normalized spacial score (nSPS) is 18.3. The number of hydrogen-bond donors (Lipinski definition) is 3. The van der Waals surface area contributed by atoms with E-state index in [-0.39, 0.29) is 11.7 Å². The standard InChI is InChI=1S/C15H22N4O2S/c16-14(20)12-10-22-13(19-12)9-18-15(21)17-8-11-6-4-2-1-3-5-7-11/h1-2,10-11H,3-9H2,(H2,16,20)(H2,17,18,21). The molecule has 2 rings (SSSR count). The highest BCUT2D eigenvalue weighted by molar-refractivity contribution is 7.09. The van der Waals surface area contributed by atoms with E-state index >= 15 is 0 Å². The zero-order valence-corrected chi connectivity index (χ0v) is 13.3. The summed E-state index contributed by atoms with van der Waals surface area (Å²) in [6.07, 6.45) is 10.1. The number of nitrogens with two attached hydrogens (primary N) is 1. The van der Waals surface area contributed by atoms with Gasteiger partial charge in [-0.15, -0.1) is 11.3 Å². The molecule has 0 aliphatic heterocycles. The first-order valence-electron chi connectivity index (χ1n) is 7.56. The van der Waals surface area contributed by atoms with Crippen LogP contribution in [0.25, 0.3) is 0 Å². The van der Waals surface area contributed by atoms with Crippen LogP contribution >= 0.6 is 11.3 Å². The molecule has 3 amide bonds. The summed E-state index contributed by atoms with van der Waals surface area (Å²) in [5.74, 6) is -0.0117. The Labute approximate surface area is 134 Å². The van der Waals surface area contributed by atoms with Crippen LogP contribution in [-0.4, -0.2) is 23.5 Å². The van der Waals surface area contributed by atoms with Crippen molar-refractivity contribution in [3.05, 3.63) is 28.2 Å². The number of amides is 3. The molecule has 1 aromatic rings. The Hall–Kier alpha value is -1.89. The van der Waals surface area contributed by atoms with Crippen molar-refractivity contribution in [2.24, 2.45) is 11.7 Å². The van der Waals surface area contributed by atoms with Crippen LogP contribution in [0.15, 0.2) is 17.5 Å². The maximum atomic E-state index is 11.8. The number of urea groups is 1. The van der Waals surface area contributed by atoms with Gasteiger partial charge in [0.1, 0.15) is 10.7 Å². The van der Waals surface area contributed by atoms with Gasteiger partial charge in [-0.25, -0.2) is 9.78 Å². The molecule has 0 radical (unpaired) electrons. The fraction of sp³-hybridized carbons (Fsp3) is 0.533. The number of primary amides is 1. The molecule has 1 heterocycles. The minimum absolute atomic E-state index is 0.201. The predicted molar refractivity (Wildman–Crippen MR) is 86.6 cm³/mol. The van der Waals surface area contributed by atoms with Crippen molar-refractivity contribution in [1.82, 2.24) is 15.6 Å². The lowest BCUT2D eigenvalue weighted by Gasteiger charge is -2.18. The zero-order chi connectivity index (χ0) is 15.8. The first-order chi connectivity index (χ1) is 10.6. The van der Waals surface area contributed by atoms with Crippen molar-refractivity contribution < 1.29 is 9.59 Å². The van der Waals surface area contributed by atoms with Crippen LogP contribution in [0.4, 0.5) is 4.79 Å². The van der Waals surface area contributed by atoms with Crippen molar-refractivity contribution in [2.45, 2.75) is 38.6 Å². The third-order valence-electron chi connectivity index (χ3n) is 3.65. The number of allylic oxidation sites excluding steroid dienone is 2. The zero-order valence-electron chi connectivity index (χ0n) is 12.5. The molecule has 0 saturated carbocycles. The quantitative estimate of drug-likeness (QED) is 0.725. The summed E-state index contributed by atoms with van der Waals surface area (Å²) in [6, 6.07) is -0.201. The predicted octanol–water partition coefficient (Wildman–Crippen LogP) is 2.18. The molecule has 4 N–H and O–H groups in total. The molecule has 6 nitrogen and oxygen atoms in total. The number of carbonyl (C=O) groups is 2.